The second-order valence-electron chi connectivity index (χ2n) is 21.3. The summed E-state index contributed by atoms with van der Waals surface area (Å²) in [6, 6.07) is 61.9. The van der Waals surface area contributed by atoms with Crippen LogP contribution in [-0.2, 0) is 16.2 Å². The lowest BCUT2D eigenvalue weighted by Crippen LogP contribution is -2.61. The fraction of sp³-hybridized carbons (Fsp3) is 0.180. The van der Waals surface area contributed by atoms with Crippen LogP contribution in [0.15, 0.2) is 168 Å². The molecule has 0 amide bonds. The van der Waals surface area contributed by atoms with Gasteiger partial charge in [-0.1, -0.05) is 159 Å². The Kier molecular flexibility index (Phi) is 8.16. The number of anilines is 5. The molecule has 0 spiro atoms. The highest BCUT2D eigenvalue weighted by Gasteiger charge is 2.52. The van der Waals surface area contributed by atoms with Crippen molar-refractivity contribution in [3.63, 3.8) is 0 Å². The van der Waals surface area contributed by atoms with Crippen molar-refractivity contribution in [1.29, 1.82) is 0 Å². The maximum Gasteiger partial charge on any atom is 0.375 e. The highest BCUT2D eigenvalue weighted by molar-refractivity contribution is 7.25. The molecule has 0 atom stereocenters. The van der Waals surface area contributed by atoms with Crippen molar-refractivity contribution in [3.05, 3.63) is 186 Å². The van der Waals surface area contributed by atoms with Crippen LogP contribution >= 0.6 is 11.3 Å². The van der Waals surface area contributed by atoms with Crippen molar-refractivity contribution in [1.82, 2.24) is 0 Å². The van der Waals surface area contributed by atoms with Gasteiger partial charge in [-0.25, -0.2) is 0 Å². The predicted molar refractivity (Wildman–Crippen MR) is 283 cm³/mol. The first kappa shape index (κ1) is 39.5. The van der Waals surface area contributed by atoms with Gasteiger partial charge in [0, 0.05) is 59.3 Å². The normalized spacial score (nSPS) is 14.7. The van der Waals surface area contributed by atoms with E-state index in [-0.39, 0.29) is 23.1 Å². The predicted octanol–water partition coefficient (Wildman–Crippen LogP) is 16.1. The van der Waals surface area contributed by atoms with Gasteiger partial charge in [0.1, 0.15) is 11.2 Å². The average Bonchev–Trinajstić information content (AvgIpc) is 3.95. The molecule has 0 radical (unpaired) electrons. The molecule has 0 saturated heterocycles. The lowest BCUT2D eigenvalue weighted by molar-refractivity contribution is 0.590. The third-order valence-electron chi connectivity index (χ3n) is 14.9. The number of rotatable bonds is 3. The van der Waals surface area contributed by atoms with E-state index in [4.69, 9.17) is 4.42 Å². The Morgan fingerprint density at radius 2 is 1.20 bits per heavy atom. The molecule has 5 heteroatoms. The van der Waals surface area contributed by atoms with E-state index in [2.05, 4.69) is 229 Å². The zero-order chi connectivity index (χ0) is 45.0. The number of fused-ring (bicyclic) bond motifs is 13. The first-order valence-corrected chi connectivity index (χ1v) is 24.3. The fourth-order valence-electron chi connectivity index (χ4n) is 11.6. The molecule has 320 valence electrons. The van der Waals surface area contributed by atoms with E-state index >= 15 is 0 Å². The summed E-state index contributed by atoms with van der Waals surface area (Å²) in [5.41, 5.74) is 21.6. The molecule has 2 aromatic heterocycles. The number of benzene rings is 8. The number of nitrogens with zero attached hydrogens (tertiary/aromatic N) is 2. The molecule has 66 heavy (non-hydrogen) atoms. The van der Waals surface area contributed by atoms with E-state index in [1.807, 2.05) is 11.3 Å². The molecular formula is C61H51BN2OS. The van der Waals surface area contributed by atoms with E-state index < -0.39 is 0 Å². The zero-order valence-corrected chi connectivity index (χ0v) is 39.7. The molecule has 0 saturated carbocycles. The number of hydrogen-bond donors (Lipinski definition) is 0. The van der Waals surface area contributed by atoms with Gasteiger partial charge in [0.2, 0.25) is 0 Å². The van der Waals surface area contributed by atoms with Crippen molar-refractivity contribution in [2.75, 3.05) is 9.71 Å². The fourth-order valence-corrected chi connectivity index (χ4v) is 12.7. The summed E-state index contributed by atoms with van der Waals surface area (Å²) >= 11 is 1.89. The van der Waals surface area contributed by atoms with Crippen molar-refractivity contribution < 1.29 is 4.42 Å². The Balaban J connectivity index is 1.20. The van der Waals surface area contributed by atoms with E-state index in [1.54, 1.807) is 0 Å². The van der Waals surface area contributed by atoms with Gasteiger partial charge in [-0.2, -0.15) is 0 Å². The van der Waals surface area contributed by atoms with Crippen molar-refractivity contribution in [2.45, 2.75) is 71.6 Å². The summed E-state index contributed by atoms with van der Waals surface area (Å²) in [7, 11) is 0. The first-order chi connectivity index (χ1) is 31.8. The molecule has 1 aliphatic carbocycles. The summed E-state index contributed by atoms with van der Waals surface area (Å²) < 4.78 is 10.1. The summed E-state index contributed by atoms with van der Waals surface area (Å²) in [4.78, 5) is 5.18. The van der Waals surface area contributed by atoms with Crippen LogP contribution in [0.3, 0.4) is 0 Å². The average molecular weight is 871 g/mol. The number of thiophene rings is 1. The Morgan fingerprint density at radius 1 is 0.530 bits per heavy atom. The van der Waals surface area contributed by atoms with Crippen LogP contribution in [0, 0.1) is 0 Å². The van der Waals surface area contributed by atoms with E-state index in [1.165, 1.54) is 92.6 Å². The largest absolute Gasteiger partial charge is 0.466 e. The third-order valence-corrected chi connectivity index (χ3v) is 16.1. The maximum absolute atomic E-state index is 7.49. The van der Waals surface area contributed by atoms with Crippen molar-refractivity contribution in [2.24, 2.45) is 0 Å². The van der Waals surface area contributed by atoms with E-state index in [9.17, 15) is 0 Å². The quantitative estimate of drug-likeness (QED) is 0.165. The SMILES string of the molecule is CC(C)(C)c1ccc(N2B3c4oc5ccc(-c6ccccc6)cc5c4N(c4ccc(C(C)(C)C)cc4)c4cc5c(c(c43)-c3cc4c(cc32)sc2ccccc24)C(C)(C)c2ccccc2-5)cc1. The van der Waals surface area contributed by atoms with Crippen molar-refractivity contribution in [3.8, 4) is 33.4 Å². The summed E-state index contributed by atoms with van der Waals surface area (Å²) in [6.45, 7) is 18.4. The van der Waals surface area contributed by atoms with Crippen LogP contribution in [0.4, 0.5) is 28.4 Å². The van der Waals surface area contributed by atoms with Gasteiger partial charge in [-0.3, -0.25) is 0 Å². The molecule has 0 unspecified atom stereocenters. The van der Waals surface area contributed by atoms with Gasteiger partial charge in [0.25, 0.3) is 0 Å². The molecule has 4 heterocycles. The molecule has 3 nitrogen and oxygen atoms in total. The van der Waals surface area contributed by atoms with Crippen LogP contribution in [0.2, 0.25) is 0 Å². The van der Waals surface area contributed by atoms with Gasteiger partial charge in [0.05, 0.1) is 5.69 Å². The van der Waals surface area contributed by atoms with E-state index in [0.29, 0.717) is 0 Å². The lowest BCUT2D eigenvalue weighted by Gasteiger charge is -2.45. The number of hydrogen-bond acceptors (Lipinski definition) is 4. The minimum absolute atomic E-state index is 0.00947. The van der Waals surface area contributed by atoms with Crippen LogP contribution in [0.5, 0.6) is 0 Å². The summed E-state index contributed by atoms with van der Waals surface area (Å²) in [6.07, 6.45) is 0. The van der Waals surface area contributed by atoms with Gasteiger partial charge in [-0.15, -0.1) is 11.3 Å². The Bertz CT molecular complexity index is 3640. The molecule has 0 fully saturated rings. The minimum Gasteiger partial charge on any atom is -0.466 e. The van der Waals surface area contributed by atoms with Crippen LogP contribution in [0.25, 0.3) is 64.5 Å². The Labute approximate surface area is 392 Å². The Hall–Kier alpha value is -6.82. The Morgan fingerprint density at radius 3 is 1.92 bits per heavy atom. The molecule has 10 aromatic rings. The van der Waals surface area contributed by atoms with Gasteiger partial charge < -0.3 is 14.1 Å². The second-order valence-corrected chi connectivity index (χ2v) is 22.4. The topological polar surface area (TPSA) is 19.6 Å². The standard InChI is InChI=1S/C61H51BN2OS/c1-59(2,3)38-23-27-40(28-24-38)63-50-34-45-42-18-12-14-20-48(42)61(7,8)55(45)54-46-33-44-43-19-13-15-21-52(43)66-53(44)35-49(46)64(41-29-25-39(26-30-41)60(4,5)6)62(56(50)54)58-57(63)47-32-37(22-31-51(47)65-58)36-16-10-9-11-17-36/h9-35H,1-8H3. The van der Waals surface area contributed by atoms with Crippen LogP contribution < -0.4 is 20.8 Å². The molecule has 0 N–H and O–H groups in total. The number of furan rings is 1. The molecular weight excluding hydrogens is 820 g/mol. The van der Waals surface area contributed by atoms with Gasteiger partial charge in [0.15, 0.2) is 0 Å². The molecule has 3 aliphatic rings. The molecule has 0 bridgehead atoms. The van der Waals surface area contributed by atoms with Crippen LogP contribution in [0.1, 0.15) is 77.6 Å². The maximum atomic E-state index is 7.49. The zero-order valence-electron chi connectivity index (χ0n) is 38.9. The van der Waals surface area contributed by atoms with Crippen LogP contribution in [-0.4, -0.2) is 6.85 Å². The second kappa shape index (κ2) is 13.6. The van der Waals surface area contributed by atoms with Gasteiger partial charge in [-0.05, 0) is 127 Å². The van der Waals surface area contributed by atoms with E-state index in [0.717, 1.165) is 33.7 Å². The third kappa shape index (κ3) is 5.56. The monoisotopic (exact) mass is 870 g/mol. The lowest BCUT2D eigenvalue weighted by atomic mass is 9.45. The molecule has 2 aliphatic heterocycles. The summed E-state index contributed by atoms with van der Waals surface area (Å²) in [5.74, 6) is 0. The highest BCUT2D eigenvalue weighted by Crippen LogP contribution is 2.59. The highest BCUT2D eigenvalue weighted by atomic mass is 32.1. The van der Waals surface area contributed by atoms with Crippen molar-refractivity contribution >= 4 is 88.9 Å². The molecule has 8 aromatic carbocycles. The smallest absolute Gasteiger partial charge is 0.375 e. The summed E-state index contributed by atoms with van der Waals surface area (Å²) in [5, 5.41) is 3.72. The molecule has 13 rings (SSSR count). The van der Waals surface area contributed by atoms with Gasteiger partial charge >= 0.3 is 6.85 Å². The minimum atomic E-state index is -0.271. The first-order valence-electron chi connectivity index (χ1n) is 23.4.